The molecule has 0 N–H and O–H groups in total. The van der Waals surface area contributed by atoms with Gasteiger partial charge in [-0.3, -0.25) is 9.59 Å². The lowest BCUT2D eigenvalue weighted by Gasteiger charge is -2.19. The van der Waals surface area contributed by atoms with E-state index in [1.54, 1.807) is 0 Å². The first-order valence-electron chi connectivity index (χ1n) is 4.63. The fourth-order valence-corrected chi connectivity index (χ4v) is 1.71. The minimum Gasteiger partial charge on any atom is -0.468 e. The fraction of sp³-hybridized carbons (Fsp3) is 0.455. The Balaban J connectivity index is 3.00. The van der Waals surface area contributed by atoms with Gasteiger partial charge >= 0.3 is 11.9 Å². The lowest BCUT2D eigenvalue weighted by Crippen LogP contribution is -2.36. The summed E-state index contributed by atoms with van der Waals surface area (Å²) in [6.07, 6.45) is 3.10. The summed E-state index contributed by atoms with van der Waals surface area (Å²) in [5.41, 5.74) is -1.23. The van der Waals surface area contributed by atoms with Crippen molar-refractivity contribution >= 4 is 11.9 Å². The van der Waals surface area contributed by atoms with Crippen LogP contribution < -0.4 is 0 Å². The summed E-state index contributed by atoms with van der Waals surface area (Å²) in [5, 5.41) is 0. The predicted octanol–water partition coefficient (Wildman–Crippen LogP) is 1.22. The Morgan fingerprint density at radius 1 is 1.73 bits per heavy atom. The minimum atomic E-state index is -1.23. The monoisotopic (exact) mass is 210 g/mol. The van der Waals surface area contributed by atoms with E-state index in [1.807, 2.05) is 0 Å². The van der Waals surface area contributed by atoms with Crippen LogP contribution in [0.1, 0.15) is 12.8 Å². The molecule has 0 amide bonds. The van der Waals surface area contributed by atoms with Crippen LogP contribution in [0.4, 0.5) is 0 Å². The molecule has 4 heteroatoms. The van der Waals surface area contributed by atoms with Gasteiger partial charge < -0.3 is 9.47 Å². The van der Waals surface area contributed by atoms with Crippen LogP contribution in [0.3, 0.4) is 0 Å². The Bertz CT molecular complexity index is 308. The maximum atomic E-state index is 11.6. The number of hydrogen-bond donors (Lipinski definition) is 0. The molecule has 2 atom stereocenters. The number of carbonyl (C=O) groups is 2. The molecule has 0 unspecified atom stereocenters. The highest BCUT2D eigenvalue weighted by molar-refractivity contribution is 6.01. The molecule has 0 spiro atoms. The normalized spacial score (nSPS) is 29.4. The summed E-state index contributed by atoms with van der Waals surface area (Å²) in [6.45, 7) is 7.06. The standard InChI is InChI=1S/C11H14O4/c1-4-6-11(9(12)14-3)7-8(5-2)15-10(11)13/h4-5,8H,1-2,6-7H2,3H3/t8-,11+/m0/s1. The number of ether oxygens (including phenoxy) is 2. The Morgan fingerprint density at radius 2 is 2.40 bits per heavy atom. The van der Waals surface area contributed by atoms with Gasteiger partial charge in [0, 0.05) is 6.42 Å². The minimum absolute atomic E-state index is 0.225. The average Bonchev–Trinajstić information content (AvgIpc) is 2.56. The molecule has 1 fully saturated rings. The van der Waals surface area contributed by atoms with E-state index in [4.69, 9.17) is 4.74 Å². The highest BCUT2D eigenvalue weighted by Gasteiger charge is 2.54. The quantitative estimate of drug-likeness (QED) is 0.398. The van der Waals surface area contributed by atoms with Crippen molar-refractivity contribution in [2.75, 3.05) is 7.11 Å². The SMILES string of the molecule is C=CC[C@]1(C(=O)OC)C[C@H](C=C)OC1=O. The summed E-state index contributed by atoms with van der Waals surface area (Å²) in [7, 11) is 1.25. The number of cyclic esters (lactones) is 1. The van der Waals surface area contributed by atoms with Crippen LogP contribution >= 0.6 is 0 Å². The zero-order valence-electron chi connectivity index (χ0n) is 8.69. The number of carbonyl (C=O) groups excluding carboxylic acids is 2. The molecule has 4 nitrogen and oxygen atoms in total. The second kappa shape index (κ2) is 4.29. The smallest absolute Gasteiger partial charge is 0.324 e. The van der Waals surface area contributed by atoms with Gasteiger partial charge in [-0.1, -0.05) is 18.7 Å². The number of esters is 2. The van der Waals surface area contributed by atoms with Crippen LogP contribution in [0.15, 0.2) is 25.3 Å². The molecule has 0 aliphatic carbocycles. The maximum Gasteiger partial charge on any atom is 0.324 e. The summed E-state index contributed by atoms with van der Waals surface area (Å²) in [6, 6.07) is 0. The van der Waals surface area contributed by atoms with Gasteiger partial charge in [0.1, 0.15) is 6.10 Å². The van der Waals surface area contributed by atoms with Gasteiger partial charge in [-0.15, -0.1) is 6.58 Å². The molecule has 1 rings (SSSR count). The van der Waals surface area contributed by atoms with Gasteiger partial charge in [0.15, 0.2) is 5.41 Å². The first-order valence-corrected chi connectivity index (χ1v) is 4.63. The van der Waals surface area contributed by atoms with Crippen molar-refractivity contribution in [2.24, 2.45) is 5.41 Å². The zero-order valence-corrected chi connectivity index (χ0v) is 8.69. The topological polar surface area (TPSA) is 52.6 Å². The Hall–Kier alpha value is -1.58. The van der Waals surface area contributed by atoms with Gasteiger partial charge in [-0.05, 0) is 6.42 Å². The van der Waals surface area contributed by atoms with Gasteiger partial charge in [-0.25, -0.2) is 0 Å². The molecule has 0 aromatic carbocycles. The second-order valence-electron chi connectivity index (χ2n) is 3.45. The highest BCUT2D eigenvalue weighted by Crippen LogP contribution is 2.39. The molecular formula is C11H14O4. The number of allylic oxidation sites excluding steroid dienone is 1. The van der Waals surface area contributed by atoms with E-state index in [0.717, 1.165) is 0 Å². The van der Waals surface area contributed by atoms with E-state index in [9.17, 15) is 9.59 Å². The van der Waals surface area contributed by atoms with Crippen molar-refractivity contribution in [2.45, 2.75) is 18.9 Å². The number of rotatable bonds is 4. The summed E-state index contributed by atoms with van der Waals surface area (Å²) in [4.78, 5) is 23.2. The van der Waals surface area contributed by atoms with Crippen molar-refractivity contribution in [1.29, 1.82) is 0 Å². The van der Waals surface area contributed by atoms with E-state index >= 15 is 0 Å². The molecule has 1 aliphatic rings. The van der Waals surface area contributed by atoms with E-state index in [1.165, 1.54) is 19.3 Å². The van der Waals surface area contributed by atoms with Crippen molar-refractivity contribution in [3.05, 3.63) is 25.3 Å². The van der Waals surface area contributed by atoms with Crippen LogP contribution in [0, 0.1) is 5.41 Å². The summed E-state index contributed by atoms with van der Waals surface area (Å²) in [5.74, 6) is -1.13. The second-order valence-corrected chi connectivity index (χ2v) is 3.45. The largest absolute Gasteiger partial charge is 0.468 e. The third kappa shape index (κ3) is 1.79. The zero-order chi connectivity index (χ0) is 11.5. The third-order valence-electron chi connectivity index (χ3n) is 2.53. The average molecular weight is 210 g/mol. The Morgan fingerprint density at radius 3 is 2.80 bits per heavy atom. The predicted molar refractivity (Wildman–Crippen MR) is 54.0 cm³/mol. The molecule has 0 bridgehead atoms. The van der Waals surface area contributed by atoms with Crippen molar-refractivity contribution < 1.29 is 19.1 Å². The van der Waals surface area contributed by atoms with E-state index in [0.29, 0.717) is 0 Å². The van der Waals surface area contributed by atoms with Gasteiger partial charge in [0.05, 0.1) is 7.11 Å². The maximum absolute atomic E-state index is 11.6. The Labute approximate surface area is 88.6 Å². The molecule has 0 aromatic rings. The van der Waals surface area contributed by atoms with Gasteiger partial charge in [0.25, 0.3) is 0 Å². The van der Waals surface area contributed by atoms with Gasteiger partial charge in [-0.2, -0.15) is 0 Å². The first-order chi connectivity index (χ1) is 7.10. The third-order valence-corrected chi connectivity index (χ3v) is 2.53. The highest BCUT2D eigenvalue weighted by atomic mass is 16.6. The van der Waals surface area contributed by atoms with Crippen LogP contribution in [-0.2, 0) is 19.1 Å². The van der Waals surface area contributed by atoms with E-state index in [-0.39, 0.29) is 12.8 Å². The first kappa shape index (κ1) is 11.5. The van der Waals surface area contributed by atoms with Crippen molar-refractivity contribution in [3.8, 4) is 0 Å². The fourth-order valence-electron chi connectivity index (χ4n) is 1.71. The van der Waals surface area contributed by atoms with Crippen LogP contribution in [0.2, 0.25) is 0 Å². The van der Waals surface area contributed by atoms with Gasteiger partial charge in [0.2, 0.25) is 0 Å². The van der Waals surface area contributed by atoms with E-state index in [2.05, 4.69) is 17.9 Å². The molecular weight excluding hydrogens is 196 g/mol. The lowest BCUT2D eigenvalue weighted by molar-refractivity contribution is -0.162. The summed E-state index contributed by atoms with van der Waals surface area (Å²) < 4.78 is 9.63. The Kier molecular flexibility index (Phi) is 3.29. The molecule has 1 saturated heterocycles. The number of methoxy groups -OCH3 is 1. The molecule has 0 aromatic heterocycles. The summed E-state index contributed by atoms with van der Waals surface area (Å²) >= 11 is 0. The van der Waals surface area contributed by atoms with Crippen LogP contribution in [0.25, 0.3) is 0 Å². The van der Waals surface area contributed by atoms with Crippen LogP contribution in [-0.4, -0.2) is 25.2 Å². The molecule has 1 aliphatic heterocycles. The molecule has 15 heavy (non-hydrogen) atoms. The van der Waals surface area contributed by atoms with E-state index < -0.39 is 23.5 Å². The van der Waals surface area contributed by atoms with Crippen LogP contribution in [0.5, 0.6) is 0 Å². The molecule has 82 valence electrons. The molecule has 1 heterocycles. The van der Waals surface area contributed by atoms with Crippen molar-refractivity contribution in [3.63, 3.8) is 0 Å². The van der Waals surface area contributed by atoms with Crippen molar-refractivity contribution in [1.82, 2.24) is 0 Å². The molecule has 0 saturated carbocycles. The number of hydrogen-bond acceptors (Lipinski definition) is 4. The molecule has 0 radical (unpaired) electrons. The lowest BCUT2D eigenvalue weighted by atomic mass is 9.81.